The van der Waals surface area contributed by atoms with Crippen molar-refractivity contribution < 1.29 is 28.6 Å². The predicted octanol–water partition coefficient (Wildman–Crippen LogP) is 15.4. The minimum absolute atomic E-state index is 0.120. The van der Waals surface area contributed by atoms with Gasteiger partial charge < -0.3 is 14.2 Å². The molecular weight excluding hydrogens is 745 g/mol. The van der Waals surface area contributed by atoms with E-state index in [0.29, 0.717) is 19.3 Å². The van der Waals surface area contributed by atoms with Crippen LogP contribution in [0.3, 0.4) is 0 Å². The van der Waals surface area contributed by atoms with Gasteiger partial charge in [-0.05, 0) is 83.5 Å². The zero-order valence-corrected chi connectivity index (χ0v) is 38.2. The highest BCUT2D eigenvalue weighted by Gasteiger charge is 2.19. The minimum atomic E-state index is -0.823. The lowest BCUT2D eigenvalue weighted by Crippen LogP contribution is -2.30. The molecule has 0 aliphatic carbocycles. The van der Waals surface area contributed by atoms with E-state index in [1.807, 2.05) is 48.6 Å². The Balaban J connectivity index is 4.53. The summed E-state index contributed by atoms with van der Waals surface area (Å²) in [5.74, 6) is -1.03. The van der Waals surface area contributed by atoms with Crippen LogP contribution < -0.4 is 0 Å². The van der Waals surface area contributed by atoms with E-state index in [4.69, 9.17) is 14.2 Å². The quantitative estimate of drug-likeness (QED) is 0.0201. The first-order valence-corrected chi connectivity index (χ1v) is 23.7. The number of carbonyl (C=O) groups is 3. The Labute approximate surface area is 367 Å². The molecule has 0 aromatic heterocycles. The molecule has 336 valence electrons. The van der Waals surface area contributed by atoms with Crippen LogP contribution in [0.25, 0.3) is 0 Å². The first kappa shape index (κ1) is 55.8. The van der Waals surface area contributed by atoms with Crippen molar-refractivity contribution in [2.45, 2.75) is 187 Å². The van der Waals surface area contributed by atoms with E-state index < -0.39 is 6.10 Å². The van der Waals surface area contributed by atoms with E-state index in [-0.39, 0.29) is 44.0 Å². The molecule has 0 rings (SSSR count). The van der Waals surface area contributed by atoms with E-state index in [0.717, 1.165) is 83.5 Å². The number of rotatable bonds is 40. The molecule has 0 amide bonds. The van der Waals surface area contributed by atoms with Crippen LogP contribution in [0.2, 0.25) is 0 Å². The fraction of sp³-hybridized carbons (Fsp3) is 0.574. The lowest BCUT2D eigenvalue weighted by atomic mass is 10.1. The van der Waals surface area contributed by atoms with Crippen molar-refractivity contribution in [3.05, 3.63) is 122 Å². The lowest BCUT2D eigenvalue weighted by Gasteiger charge is -2.18. The monoisotopic (exact) mass is 829 g/mol. The molecule has 0 spiro atoms. The third-order valence-electron chi connectivity index (χ3n) is 9.39. The van der Waals surface area contributed by atoms with Crippen LogP contribution in [0.1, 0.15) is 181 Å². The van der Waals surface area contributed by atoms with Crippen LogP contribution in [0.15, 0.2) is 122 Å². The molecule has 0 aliphatic heterocycles. The van der Waals surface area contributed by atoms with Crippen molar-refractivity contribution in [1.82, 2.24) is 0 Å². The van der Waals surface area contributed by atoms with Crippen LogP contribution in [-0.2, 0) is 28.6 Å². The summed E-state index contributed by atoms with van der Waals surface area (Å²) in [6.45, 7) is 6.30. The van der Waals surface area contributed by atoms with E-state index in [1.165, 1.54) is 44.9 Å². The van der Waals surface area contributed by atoms with Gasteiger partial charge in [0.15, 0.2) is 6.10 Å². The maximum Gasteiger partial charge on any atom is 0.306 e. The van der Waals surface area contributed by atoms with E-state index in [9.17, 15) is 14.4 Å². The van der Waals surface area contributed by atoms with Crippen LogP contribution >= 0.6 is 0 Å². The minimum Gasteiger partial charge on any atom is -0.462 e. The second-order valence-corrected chi connectivity index (χ2v) is 15.1. The molecule has 0 aromatic rings. The zero-order valence-electron chi connectivity index (χ0n) is 38.2. The highest BCUT2D eigenvalue weighted by molar-refractivity contribution is 5.71. The highest BCUT2D eigenvalue weighted by Crippen LogP contribution is 2.11. The zero-order chi connectivity index (χ0) is 43.7. The molecule has 1 atom stereocenters. The molecule has 1 unspecified atom stereocenters. The summed E-state index contributed by atoms with van der Waals surface area (Å²) >= 11 is 0. The number of carbonyl (C=O) groups excluding carboxylic acids is 3. The third kappa shape index (κ3) is 44.9. The molecule has 0 heterocycles. The molecule has 0 radical (unpaired) electrons. The molecule has 0 saturated carbocycles. The average Bonchev–Trinajstić information content (AvgIpc) is 3.24. The molecule has 0 fully saturated rings. The van der Waals surface area contributed by atoms with Gasteiger partial charge in [0, 0.05) is 19.3 Å². The molecule has 60 heavy (non-hydrogen) atoms. The molecular formula is C54H84O6. The van der Waals surface area contributed by atoms with Gasteiger partial charge >= 0.3 is 17.9 Å². The summed E-state index contributed by atoms with van der Waals surface area (Å²) in [4.78, 5) is 37.8. The summed E-state index contributed by atoms with van der Waals surface area (Å²) in [6, 6.07) is 0. The number of allylic oxidation sites excluding steroid dienone is 20. The second-order valence-electron chi connectivity index (χ2n) is 15.1. The number of hydrogen-bond acceptors (Lipinski definition) is 6. The Morgan fingerprint density at radius 3 is 1.18 bits per heavy atom. The van der Waals surface area contributed by atoms with Gasteiger partial charge in [0.2, 0.25) is 0 Å². The Morgan fingerprint density at radius 2 is 0.683 bits per heavy atom. The first-order chi connectivity index (χ1) is 29.5. The maximum absolute atomic E-state index is 12.7. The summed E-state index contributed by atoms with van der Waals surface area (Å²) < 4.78 is 16.6. The van der Waals surface area contributed by atoms with Gasteiger partial charge in [0.05, 0.1) is 0 Å². The highest BCUT2D eigenvalue weighted by atomic mass is 16.6. The summed E-state index contributed by atoms with van der Waals surface area (Å²) in [7, 11) is 0. The second kappa shape index (κ2) is 47.5. The molecule has 0 aromatic carbocycles. The van der Waals surface area contributed by atoms with Crippen LogP contribution in [0, 0.1) is 0 Å². The van der Waals surface area contributed by atoms with Crippen LogP contribution in [0.5, 0.6) is 0 Å². The Hall–Kier alpha value is -4.19. The number of ether oxygens (including phenoxy) is 3. The largest absolute Gasteiger partial charge is 0.462 e. The number of unbranched alkanes of at least 4 members (excludes halogenated alkanes) is 16. The number of esters is 3. The van der Waals surface area contributed by atoms with Crippen molar-refractivity contribution >= 4 is 17.9 Å². The first-order valence-electron chi connectivity index (χ1n) is 23.7. The molecule has 0 aliphatic rings. The van der Waals surface area contributed by atoms with E-state index in [2.05, 4.69) is 93.7 Å². The van der Waals surface area contributed by atoms with Crippen molar-refractivity contribution in [2.75, 3.05) is 13.2 Å². The Kier molecular flexibility index (Phi) is 44.2. The van der Waals surface area contributed by atoms with Gasteiger partial charge in [-0.25, -0.2) is 0 Å². The van der Waals surface area contributed by atoms with Crippen molar-refractivity contribution in [2.24, 2.45) is 0 Å². The van der Waals surface area contributed by atoms with Gasteiger partial charge in [-0.2, -0.15) is 0 Å². The van der Waals surface area contributed by atoms with Crippen molar-refractivity contribution in [1.29, 1.82) is 0 Å². The van der Waals surface area contributed by atoms with Gasteiger partial charge in [0.1, 0.15) is 13.2 Å². The summed E-state index contributed by atoms with van der Waals surface area (Å²) in [5.41, 5.74) is 0. The van der Waals surface area contributed by atoms with Gasteiger partial charge in [-0.15, -0.1) is 0 Å². The fourth-order valence-corrected chi connectivity index (χ4v) is 5.83. The van der Waals surface area contributed by atoms with Gasteiger partial charge in [0.25, 0.3) is 0 Å². The van der Waals surface area contributed by atoms with Crippen LogP contribution in [-0.4, -0.2) is 37.2 Å². The molecule has 6 nitrogen and oxygen atoms in total. The fourth-order valence-electron chi connectivity index (χ4n) is 5.83. The van der Waals surface area contributed by atoms with Gasteiger partial charge in [-0.1, -0.05) is 200 Å². The lowest BCUT2D eigenvalue weighted by molar-refractivity contribution is -0.167. The molecule has 0 saturated heterocycles. The molecule has 0 N–H and O–H groups in total. The summed E-state index contributed by atoms with van der Waals surface area (Å²) in [6.07, 6.45) is 64.7. The topological polar surface area (TPSA) is 78.9 Å². The Bertz CT molecular complexity index is 1320. The van der Waals surface area contributed by atoms with E-state index in [1.54, 1.807) is 0 Å². The Morgan fingerprint density at radius 1 is 0.350 bits per heavy atom. The predicted molar refractivity (Wildman–Crippen MR) is 256 cm³/mol. The van der Waals surface area contributed by atoms with Crippen LogP contribution in [0.4, 0.5) is 0 Å². The van der Waals surface area contributed by atoms with Crippen molar-refractivity contribution in [3.63, 3.8) is 0 Å². The summed E-state index contributed by atoms with van der Waals surface area (Å²) in [5, 5.41) is 0. The van der Waals surface area contributed by atoms with Gasteiger partial charge in [-0.3, -0.25) is 14.4 Å². The maximum atomic E-state index is 12.7. The van der Waals surface area contributed by atoms with E-state index >= 15 is 0 Å². The normalized spacial score (nSPS) is 13.2. The smallest absolute Gasteiger partial charge is 0.306 e. The number of hydrogen-bond donors (Lipinski definition) is 0. The molecule has 0 bridgehead atoms. The average molecular weight is 829 g/mol. The third-order valence-corrected chi connectivity index (χ3v) is 9.39. The standard InChI is InChI=1S/C54H84O6/c1-4-7-10-13-16-19-21-23-25-26-27-29-30-32-35-38-41-44-47-53(56)59-50-51(49-58-52(55)46-43-40-37-34-18-15-12-9-6-3)60-54(57)48-45-42-39-36-33-31-28-24-22-20-17-14-11-8-5-2/h8,11,14,16-17,19-29,31,33-34,37,51H,4-7,9-10,12-13,15,18,30,32,35-36,38-50H2,1-3H3/b11-8-,17-14-,19-16-,22-20-,23-21-,26-25-,28-24-,29-27-,33-31-,37-34-. The SMILES string of the molecule is CC\C=C/C=C\C=C/C=C\C=C/CCCCCC(=O)OC(COC(=O)CCC/C=C\CCCCCC)COC(=O)CCCCCCC\C=C/C=C\C=C/C=C\CCCCC. The molecule has 6 heteroatoms. The van der Waals surface area contributed by atoms with Crippen molar-refractivity contribution in [3.8, 4) is 0 Å².